The Bertz CT molecular complexity index is 299. The first-order valence-electron chi connectivity index (χ1n) is 4.64. The molecular formula is C11H16FNO. The summed E-state index contributed by atoms with van der Waals surface area (Å²) in [4.78, 5) is 0. The zero-order chi connectivity index (χ0) is 10.6. The average Bonchev–Trinajstić information content (AvgIpc) is 2.15. The molecule has 1 rings (SSSR count). The fourth-order valence-electron chi connectivity index (χ4n) is 1.38. The zero-order valence-electron chi connectivity index (χ0n) is 8.55. The molecule has 0 aliphatic carbocycles. The largest absolute Gasteiger partial charge is 0.381 e. The molecule has 0 saturated heterocycles. The normalized spacial score (nSPS) is 11.7. The lowest BCUT2D eigenvalue weighted by atomic mass is 9.84. The van der Waals surface area contributed by atoms with Crippen molar-refractivity contribution in [3.05, 3.63) is 35.6 Å². The Labute approximate surface area is 83.8 Å². The second kappa shape index (κ2) is 4.53. The average molecular weight is 197 g/mol. The smallest absolute Gasteiger partial charge is 0.123 e. The molecule has 0 fully saturated rings. The van der Waals surface area contributed by atoms with E-state index in [4.69, 9.17) is 5.11 Å². The van der Waals surface area contributed by atoms with E-state index in [1.165, 1.54) is 12.1 Å². The topological polar surface area (TPSA) is 32.3 Å². The van der Waals surface area contributed by atoms with Crippen LogP contribution in [0.5, 0.6) is 0 Å². The molecule has 3 heteroatoms. The Hall–Kier alpha value is -0.930. The van der Waals surface area contributed by atoms with E-state index in [0.29, 0.717) is 6.54 Å². The van der Waals surface area contributed by atoms with Crippen molar-refractivity contribution in [2.45, 2.75) is 19.3 Å². The van der Waals surface area contributed by atoms with Gasteiger partial charge in [0.05, 0.1) is 6.73 Å². The van der Waals surface area contributed by atoms with Gasteiger partial charge in [0.25, 0.3) is 0 Å². The first kappa shape index (κ1) is 11.1. The van der Waals surface area contributed by atoms with E-state index in [-0.39, 0.29) is 18.0 Å². The van der Waals surface area contributed by atoms with E-state index >= 15 is 0 Å². The lowest BCUT2D eigenvalue weighted by Gasteiger charge is -2.25. The molecule has 2 N–H and O–H groups in total. The predicted molar refractivity (Wildman–Crippen MR) is 54.5 cm³/mol. The van der Waals surface area contributed by atoms with Crippen LogP contribution in [0.2, 0.25) is 0 Å². The predicted octanol–water partition coefficient (Wildman–Crippen LogP) is 1.64. The highest BCUT2D eigenvalue weighted by Gasteiger charge is 2.20. The molecule has 0 heterocycles. The van der Waals surface area contributed by atoms with Crippen LogP contribution in [0, 0.1) is 5.82 Å². The molecule has 0 unspecified atom stereocenters. The molecule has 0 aliphatic heterocycles. The van der Waals surface area contributed by atoms with E-state index in [9.17, 15) is 4.39 Å². The van der Waals surface area contributed by atoms with Crippen molar-refractivity contribution in [1.82, 2.24) is 5.32 Å². The van der Waals surface area contributed by atoms with Gasteiger partial charge in [0.2, 0.25) is 0 Å². The monoisotopic (exact) mass is 197 g/mol. The molecule has 0 aromatic heterocycles. The Morgan fingerprint density at radius 1 is 1.43 bits per heavy atom. The molecule has 78 valence electrons. The summed E-state index contributed by atoms with van der Waals surface area (Å²) in [5.74, 6) is -0.223. The molecule has 0 saturated carbocycles. The third-order valence-corrected chi connectivity index (χ3v) is 2.28. The van der Waals surface area contributed by atoms with Crippen LogP contribution in [0.15, 0.2) is 24.3 Å². The SMILES string of the molecule is CC(C)(CNCO)c1cccc(F)c1. The van der Waals surface area contributed by atoms with Crippen molar-refractivity contribution < 1.29 is 9.50 Å². The first-order valence-corrected chi connectivity index (χ1v) is 4.64. The molecule has 14 heavy (non-hydrogen) atoms. The third kappa shape index (κ3) is 2.79. The summed E-state index contributed by atoms with van der Waals surface area (Å²) >= 11 is 0. The van der Waals surface area contributed by atoms with Gasteiger partial charge >= 0.3 is 0 Å². The van der Waals surface area contributed by atoms with E-state index in [1.807, 2.05) is 19.9 Å². The number of rotatable bonds is 4. The van der Waals surface area contributed by atoms with Gasteiger partial charge in [-0.3, -0.25) is 5.32 Å². The van der Waals surface area contributed by atoms with Gasteiger partial charge in [-0.25, -0.2) is 4.39 Å². The standard InChI is InChI=1S/C11H16FNO/c1-11(2,7-13-8-14)9-4-3-5-10(12)6-9/h3-6,13-14H,7-8H2,1-2H3. The first-order chi connectivity index (χ1) is 6.56. The maximum absolute atomic E-state index is 12.9. The molecule has 0 aliphatic rings. The zero-order valence-corrected chi connectivity index (χ0v) is 8.55. The second-order valence-corrected chi connectivity index (χ2v) is 3.98. The van der Waals surface area contributed by atoms with Crippen LogP contribution in [0.1, 0.15) is 19.4 Å². The van der Waals surface area contributed by atoms with Crippen LogP contribution in [-0.2, 0) is 5.41 Å². The van der Waals surface area contributed by atoms with E-state index in [1.54, 1.807) is 6.07 Å². The van der Waals surface area contributed by atoms with Crippen molar-refractivity contribution in [3.8, 4) is 0 Å². The van der Waals surface area contributed by atoms with Crippen LogP contribution in [0.3, 0.4) is 0 Å². The van der Waals surface area contributed by atoms with Gasteiger partial charge in [0.1, 0.15) is 5.82 Å². The van der Waals surface area contributed by atoms with Gasteiger partial charge in [0, 0.05) is 12.0 Å². The molecule has 2 nitrogen and oxygen atoms in total. The van der Waals surface area contributed by atoms with Gasteiger partial charge < -0.3 is 5.11 Å². The summed E-state index contributed by atoms with van der Waals surface area (Å²) in [5.41, 5.74) is 0.753. The third-order valence-electron chi connectivity index (χ3n) is 2.28. The summed E-state index contributed by atoms with van der Waals surface area (Å²) in [6.07, 6.45) is 0. The molecule has 0 radical (unpaired) electrons. The molecule has 0 atom stereocenters. The summed E-state index contributed by atoms with van der Waals surface area (Å²) in [7, 11) is 0. The quantitative estimate of drug-likeness (QED) is 0.719. The molecule has 0 spiro atoms. The molecule has 0 bridgehead atoms. The number of aliphatic hydroxyl groups excluding tert-OH is 1. The highest BCUT2D eigenvalue weighted by Crippen LogP contribution is 2.22. The van der Waals surface area contributed by atoms with Gasteiger partial charge in [0.15, 0.2) is 0 Å². The summed E-state index contributed by atoms with van der Waals surface area (Å²) in [5, 5.41) is 11.5. The Morgan fingerprint density at radius 2 is 2.14 bits per heavy atom. The number of aliphatic hydroxyl groups is 1. The van der Waals surface area contributed by atoms with Crippen molar-refractivity contribution in [1.29, 1.82) is 0 Å². The fourth-order valence-corrected chi connectivity index (χ4v) is 1.38. The number of benzene rings is 1. The van der Waals surface area contributed by atoms with Crippen LogP contribution >= 0.6 is 0 Å². The Kier molecular flexibility index (Phi) is 3.61. The van der Waals surface area contributed by atoms with Gasteiger partial charge in [-0.05, 0) is 17.7 Å². The van der Waals surface area contributed by atoms with Crippen LogP contribution in [0.4, 0.5) is 4.39 Å². The maximum Gasteiger partial charge on any atom is 0.123 e. The molecular weight excluding hydrogens is 181 g/mol. The van der Waals surface area contributed by atoms with Crippen molar-refractivity contribution in [2.24, 2.45) is 0 Å². The molecule has 1 aromatic carbocycles. The lowest BCUT2D eigenvalue weighted by Crippen LogP contribution is -2.33. The minimum Gasteiger partial charge on any atom is -0.381 e. The summed E-state index contributed by atoms with van der Waals surface area (Å²) in [6, 6.07) is 6.55. The van der Waals surface area contributed by atoms with E-state index in [0.717, 1.165) is 5.56 Å². The van der Waals surface area contributed by atoms with E-state index in [2.05, 4.69) is 5.32 Å². The van der Waals surface area contributed by atoms with Crippen molar-refractivity contribution >= 4 is 0 Å². The Balaban J connectivity index is 2.80. The van der Waals surface area contributed by atoms with Gasteiger partial charge in [-0.15, -0.1) is 0 Å². The summed E-state index contributed by atoms with van der Waals surface area (Å²) < 4.78 is 12.9. The maximum atomic E-state index is 12.9. The highest BCUT2D eigenvalue weighted by atomic mass is 19.1. The fraction of sp³-hybridized carbons (Fsp3) is 0.455. The second-order valence-electron chi connectivity index (χ2n) is 3.98. The lowest BCUT2D eigenvalue weighted by molar-refractivity contribution is 0.247. The van der Waals surface area contributed by atoms with Crippen LogP contribution in [-0.4, -0.2) is 18.4 Å². The van der Waals surface area contributed by atoms with Crippen molar-refractivity contribution in [3.63, 3.8) is 0 Å². The number of hydrogen-bond donors (Lipinski definition) is 2. The molecule has 1 aromatic rings. The van der Waals surface area contributed by atoms with Gasteiger partial charge in [-0.2, -0.15) is 0 Å². The minimum atomic E-state index is -0.223. The van der Waals surface area contributed by atoms with Crippen LogP contribution < -0.4 is 5.32 Å². The number of hydrogen-bond acceptors (Lipinski definition) is 2. The van der Waals surface area contributed by atoms with E-state index < -0.39 is 0 Å². The van der Waals surface area contributed by atoms with Crippen LogP contribution in [0.25, 0.3) is 0 Å². The Morgan fingerprint density at radius 3 is 2.71 bits per heavy atom. The number of nitrogens with one attached hydrogen (secondary N) is 1. The highest BCUT2D eigenvalue weighted by molar-refractivity contribution is 5.24. The minimum absolute atomic E-state index is 0.0568. The molecule has 0 amide bonds. The summed E-state index contributed by atoms with van der Waals surface area (Å²) in [6.45, 7) is 4.57. The van der Waals surface area contributed by atoms with Crippen molar-refractivity contribution in [2.75, 3.05) is 13.3 Å². The number of halogens is 1. The van der Waals surface area contributed by atoms with Gasteiger partial charge in [-0.1, -0.05) is 26.0 Å².